The van der Waals surface area contributed by atoms with Crippen LogP contribution in [0.25, 0.3) is 0 Å². The average Bonchev–Trinajstić information content (AvgIpc) is 2.99. The van der Waals surface area contributed by atoms with E-state index in [9.17, 15) is 10.1 Å². The maximum absolute atomic E-state index is 10.8. The molecule has 0 heterocycles. The van der Waals surface area contributed by atoms with Gasteiger partial charge >= 0.3 is 0 Å². The Balaban J connectivity index is 2.24. The van der Waals surface area contributed by atoms with Crippen LogP contribution in [0.15, 0.2) is 24.3 Å². The lowest BCUT2D eigenvalue weighted by molar-refractivity contribution is -0.385. The fraction of sp³-hybridized carbons (Fsp3) is 0.455. The SMILES string of the molecule is NCC1(Cc2ccccc2[N+](=O)[O-])CC1. The number of nitro benzene ring substituents is 1. The van der Waals surface area contributed by atoms with Gasteiger partial charge in [-0.1, -0.05) is 18.2 Å². The average molecular weight is 206 g/mol. The van der Waals surface area contributed by atoms with Crippen molar-refractivity contribution in [3.63, 3.8) is 0 Å². The van der Waals surface area contributed by atoms with Crippen molar-refractivity contribution in [1.82, 2.24) is 0 Å². The van der Waals surface area contributed by atoms with Gasteiger partial charge in [0.1, 0.15) is 0 Å². The van der Waals surface area contributed by atoms with Gasteiger partial charge in [-0.15, -0.1) is 0 Å². The van der Waals surface area contributed by atoms with Gasteiger partial charge in [0.15, 0.2) is 0 Å². The van der Waals surface area contributed by atoms with Gasteiger partial charge in [-0.3, -0.25) is 10.1 Å². The topological polar surface area (TPSA) is 69.2 Å². The van der Waals surface area contributed by atoms with Crippen molar-refractivity contribution in [2.24, 2.45) is 11.1 Å². The van der Waals surface area contributed by atoms with E-state index >= 15 is 0 Å². The molecule has 0 radical (unpaired) electrons. The van der Waals surface area contributed by atoms with Crippen molar-refractivity contribution in [3.8, 4) is 0 Å². The summed E-state index contributed by atoms with van der Waals surface area (Å²) in [6, 6.07) is 6.92. The molecule has 0 aromatic heterocycles. The molecule has 1 aliphatic carbocycles. The third-order valence-corrected chi connectivity index (χ3v) is 3.14. The summed E-state index contributed by atoms with van der Waals surface area (Å²) in [5, 5.41) is 10.8. The van der Waals surface area contributed by atoms with Crippen molar-refractivity contribution in [2.45, 2.75) is 19.3 Å². The maximum atomic E-state index is 10.8. The number of nitrogens with two attached hydrogens (primary N) is 1. The molecule has 1 aromatic rings. The highest BCUT2D eigenvalue weighted by atomic mass is 16.6. The molecule has 0 unspecified atom stereocenters. The smallest absolute Gasteiger partial charge is 0.272 e. The van der Waals surface area contributed by atoms with E-state index in [-0.39, 0.29) is 16.0 Å². The Hall–Kier alpha value is -1.42. The second-order valence-electron chi connectivity index (χ2n) is 4.27. The number of hydrogen-bond donors (Lipinski definition) is 1. The minimum Gasteiger partial charge on any atom is -0.330 e. The molecule has 1 aliphatic rings. The first-order valence-corrected chi connectivity index (χ1v) is 5.09. The molecule has 80 valence electrons. The third kappa shape index (κ3) is 1.99. The van der Waals surface area contributed by atoms with E-state index in [0.29, 0.717) is 6.54 Å². The molecular weight excluding hydrogens is 192 g/mol. The zero-order chi connectivity index (χ0) is 10.9. The molecule has 15 heavy (non-hydrogen) atoms. The minimum absolute atomic E-state index is 0.145. The molecule has 0 aliphatic heterocycles. The summed E-state index contributed by atoms with van der Waals surface area (Å²) >= 11 is 0. The van der Waals surface area contributed by atoms with Crippen LogP contribution in [-0.2, 0) is 6.42 Å². The van der Waals surface area contributed by atoms with Crippen LogP contribution in [0.1, 0.15) is 18.4 Å². The summed E-state index contributed by atoms with van der Waals surface area (Å²) in [7, 11) is 0. The van der Waals surface area contributed by atoms with E-state index in [1.165, 1.54) is 0 Å². The van der Waals surface area contributed by atoms with Crippen molar-refractivity contribution in [2.75, 3.05) is 6.54 Å². The van der Waals surface area contributed by atoms with Crippen LogP contribution < -0.4 is 5.73 Å². The van der Waals surface area contributed by atoms with Crippen LogP contribution in [0.2, 0.25) is 0 Å². The summed E-state index contributed by atoms with van der Waals surface area (Å²) in [4.78, 5) is 10.5. The maximum Gasteiger partial charge on any atom is 0.272 e. The molecule has 0 saturated heterocycles. The molecule has 0 spiro atoms. The lowest BCUT2D eigenvalue weighted by Crippen LogP contribution is -2.18. The zero-order valence-corrected chi connectivity index (χ0v) is 8.48. The Labute approximate surface area is 88.2 Å². The molecule has 2 N–H and O–H groups in total. The van der Waals surface area contributed by atoms with Crippen molar-refractivity contribution < 1.29 is 4.92 Å². The Morgan fingerprint density at radius 2 is 2.07 bits per heavy atom. The van der Waals surface area contributed by atoms with E-state index in [4.69, 9.17) is 5.73 Å². The van der Waals surface area contributed by atoms with Gasteiger partial charge in [-0.25, -0.2) is 0 Å². The van der Waals surface area contributed by atoms with Gasteiger partial charge in [0.2, 0.25) is 0 Å². The summed E-state index contributed by atoms with van der Waals surface area (Å²) in [5.74, 6) is 0. The van der Waals surface area contributed by atoms with Crippen molar-refractivity contribution >= 4 is 5.69 Å². The first-order chi connectivity index (χ1) is 7.17. The lowest BCUT2D eigenvalue weighted by Gasteiger charge is -2.11. The van der Waals surface area contributed by atoms with Gasteiger partial charge in [0, 0.05) is 11.6 Å². The van der Waals surface area contributed by atoms with Gasteiger partial charge in [-0.2, -0.15) is 0 Å². The number of para-hydroxylation sites is 1. The minimum atomic E-state index is -0.318. The van der Waals surface area contributed by atoms with Crippen LogP contribution in [0.4, 0.5) is 5.69 Å². The monoisotopic (exact) mass is 206 g/mol. The number of benzene rings is 1. The normalized spacial score (nSPS) is 17.4. The highest BCUT2D eigenvalue weighted by molar-refractivity contribution is 5.41. The molecule has 1 fully saturated rings. The number of nitro groups is 1. The summed E-state index contributed by atoms with van der Waals surface area (Å²) in [5.41, 5.74) is 6.85. The number of hydrogen-bond acceptors (Lipinski definition) is 3. The van der Waals surface area contributed by atoms with Crippen LogP contribution in [0.3, 0.4) is 0 Å². The fourth-order valence-corrected chi connectivity index (χ4v) is 1.87. The molecule has 1 aromatic carbocycles. The molecular formula is C11H14N2O2. The molecule has 0 atom stereocenters. The molecule has 0 bridgehead atoms. The van der Waals surface area contributed by atoms with E-state index < -0.39 is 0 Å². The van der Waals surface area contributed by atoms with Crippen LogP contribution in [-0.4, -0.2) is 11.5 Å². The Morgan fingerprint density at radius 1 is 1.40 bits per heavy atom. The quantitative estimate of drug-likeness (QED) is 0.604. The molecule has 2 rings (SSSR count). The molecule has 1 saturated carbocycles. The van der Waals surface area contributed by atoms with Gasteiger partial charge < -0.3 is 5.73 Å². The highest BCUT2D eigenvalue weighted by Crippen LogP contribution is 2.48. The molecule has 4 heteroatoms. The Kier molecular flexibility index (Phi) is 2.44. The Morgan fingerprint density at radius 3 is 2.60 bits per heavy atom. The Bertz CT molecular complexity index is 386. The summed E-state index contributed by atoms with van der Waals surface area (Å²) < 4.78 is 0. The van der Waals surface area contributed by atoms with E-state index in [1.807, 2.05) is 12.1 Å². The first-order valence-electron chi connectivity index (χ1n) is 5.09. The predicted molar refractivity (Wildman–Crippen MR) is 57.5 cm³/mol. The zero-order valence-electron chi connectivity index (χ0n) is 8.48. The second kappa shape index (κ2) is 3.62. The standard InChI is InChI=1S/C11H14N2O2/c12-8-11(5-6-11)7-9-3-1-2-4-10(9)13(14)15/h1-4H,5-8,12H2. The molecule has 0 amide bonds. The number of nitrogens with zero attached hydrogens (tertiary/aromatic N) is 1. The van der Waals surface area contributed by atoms with Gasteiger partial charge in [0.25, 0.3) is 5.69 Å². The van der Waals surface area contributed by atoms with Crippen LogP contribution >= 0.6 is 0 Å². The first kappa shape index (κ1) is 10.1. The summed E-state index contributed by atoms with van der Waals surface area (Å²) in [6.45, 7) is 0.624. The third-order valence-electron chi connectivity index (χ3n) is 3.14. The fourth-order valence-electron chi connectivity index (χ4n) is 1.87. The second-order valence-corrected chi connectivity index (χ2v) is 4.27. The van der Waals surface area contributed by atoms with Crippen molar-refractivity contribution in [3.05, 3.63) is 39.9 Å². The highest BCUT2D eigenvalue weighted by Gasteiger charge is 2.42. The van der Waals surface area contributed by atoms with Crippen LogP contribution in [0.5, 0.6) is 0 Å². The van der Waals surface area contributed by atoms with Gasteiger partial charge in [-0.05, 0) is 31.2 Å². The molecule has 4 nitrogen and oxygen atoms in total. The van der Waals surface area contributed by atoms with Crippen LogP contribution in [0, 0.1) is 15.5 Å². The van der Waals surface area contributed by atoms with Gasteiger partial charge in [0.05, 0.1) is 4.92 Å². The van der Waals surface area contributed by atoms with E-state index in [2.05, 4.69) is 0 Å². The predicted octanol–water partition coefficient (Wildman–Crippen LogP) is 1.88. The van der Waals surface area contributed by atoms with Crippen molar-refractivity contribution in [1.29, 1.82) is 0 Å². The largest absolute Gasteiger partial charge is 0.330 e. The summed E-state index contributed by atoms with van der Waals surface area (Å²) in [6.07, 6.45) is 2.92. The van der Waals surface area contributed by atoms with E-state index in [1.54, 1.807) is 12.1 Å². The number of rotatable bonds is 4. The van der Waals surface area contributed by atoms with E-state index in [0.717, 1.165) is 24.8 Å². The lowest BCUT2D eigenvalue weighted by atomic mass is 9.95.